The Hall–Kier alpha value is -0.370. The molecule has 130 valence electrons. The zero-order valence-corrected chi connectivity index (χ0v) is 15.3. The third-order valence-corrected chi connectivity index (χ3v) is 9.04. The highest BCUT2D eigenvalue weighted by Crippen LogP contribution is 2.67. The van der Waals surface area contributed by atoms with E-state index in [-0.39, 0.29) is 0 Å². The van der Waals surface area contributed by atoms with E-state index in [2.05, 4.69) is 13.8 Å². The third-order valence-electron chi connectivity index (χ3n) is 9.04. The predicted molar refractivity (Wildman–Crippen MR) is 92.1 cm³/mol. The summed E-state index contributed by atoms with van der Waals surface area (Å²) in [6.45, 7) is 4.93. The van der Waals surface area contributed by atoms with Crippen molar-refractivity contribution in [3.8, 4) is 0 Å². The van der Waals surface area contributed by atoms with Crippen LogP contribution < -0.4 is 0 Å². The van der Waals surface area contributed by atoms with Gasteiger partial charge in [0.25, 0.3) is 0 Å². The van der Waals surface area contributed by atoms with Gasteiger partial charge in [0, 0.05) is 20.0 Å². The Kier molecular flexibility index (Phi) is 3.91. The number of rotatable bonds is 2. The summed E-state index contributed by atoms with van der Waals surface area (Å²) in [5.41, 5.74) is 0.908. The number of carbonyl (C=O) groups is 1. The maximum atomic E-state index is 12.0. The molecule has 4 aliphatic carbocycles. The smallest absolute Gasteiger partial charge is 0.133 e. The lowest BCUT2D eigenvalue weighted by molar-refractivity contribution is -0.148. The number of hydrogen-bond acceptors (Lipinski definition) is 2. The van der Waals surface area contributed by atoms with Crippen LogP contribution in [0.25, 0.3) is 0 Å². The summed E-state index contributed by atoms with van der Waals surface area (Å²) in [7, 11) is 1.92. The van der Waals surface area contributed by atoms with Crippen LogP contribution in [0.4, 0.5) is 0 Å². The molecule has 23 heavy (non-hydrogen) atoms. The maximum Gasteiger partial charge on any atom is 0.133 e. The molecule has 7 atom stereocenters. The van der Waals surface area contributed by atoms with Crippen LogP contribution in [-0.4, -0.2) is 19.0 Å². The van der Waals surface area contributed by atoms with Crippen molar-refractivity contribution in [2.75, 3.05) is 7.11 Å². The Morgan fingerprint density at radius 2 is 1.91 bits per heavy atom. The number of ketones is 1. The molecule has 0 radical (unpaired) electrons. The second-order valence-corrected chi connectivity index (χ2v) is 9.33. The van der Waals surface area contributed by atoms with E-state index in [1.165, 1.54) is 51.4 Å². The average Bonchev–Trinajstić information content (AvgIpc) is 2.90. The first-order chi connectivity index (χ1) is 11.0. The largest absolute Gasteiger partial charge is 0.381 e. The summed E-state index contributed by atoms with van der Waals surface area (Å²) in [6, 6.07) is 0. The molecule has 0 aromatic heterocycles. The van der Waals surface area contributed by atoms with Gasteiger partial charge in [0.15, 0.2) is 0 Å². The van der Waals surface area contributed by atoms with Gasteiger partial charge in [-0.1, -0.05) is 13.8 Å². The van der Waals surface area contributed by atoms with Gasteiger partial charge in [-0.05, 0) is 85.9 Å². The van der Waals surface area contributed by atoms with Crippen LogP contribution in [0.15, 0.2) is 0 Å². The summed E-state index contributed by atoms with van der Waals surface area (Å²) in [5.74, 6) is 3.89. The van der Waals surface area contributed by atoms with Crippen LogP contribution in [-0.2, 0) is 9.53 Å². The molecular formula is C21H34O2. The summed E-state index contributed by atoms with van der Waals surface area (Å²) >= 11 is 0. The Morgan fingerprint density at radius 3 is 2.65 bits per heavy atom. The molecule has 0 amide bonds. The molecule has 4 fully saturated rings. The van der Waals surface area contributed by atoms with Gasteiger partial charge in [-0.2, -0.15) is 0 Å². The molecule has 2 nitrogen and oxygen atoms in total. The molecule has 0 unspecified atom stereocenters. The molecule has 0 N–H and O–H groups in total. The first-order valence-electron chi connectivity index (χ1n) is 10.1. The summed E-state index contributed by atoms with van der Waals surface area (Å²) in [5, 5.41) is 0. The number of methoxy groups -OCH3 is 1. The van der Waals surface area contributed by atoms with Crippen molar-refractivity contribution in [2.24, 2.45) is 34.5 Å². The lowest BCUT2D eigenvalue weighted by atomic mass is 9.44. The lowest BCUT2D eigenvalue weighted by Gasteiger charge is -2.61. The number of ether oxygens (including phenoxy) is 1. The minimum Gasteiger partial charge on any atom is -0.381 e. The van der Waals surface area contributed by atoms with Crippen molar-refractivity contribution in [2.45, 2.75) is 84.2 Å². The van der Waals surface area contributed by atoms with Gasteiger partial charge in [0.2, 0.25) is 0 Å². The van der Waals surface area contributed by atoms with Crippen LogP contribution in [0.5, 0.6) is 0 Å². The SMILES string of the molecule is CC[C@]12CCC(=O)C[C@@H]1CC[C@H]1[C@@H]3CC[C@H](OC)[C@@]3(C)CC[C@@H]12. The van der Waals surface area contributed by atoms with E-state index in [0.717, 1.165) is 30.6 Å². The zero-order chi connectivity index (χ0) is 16.2. The fourth-order valence-electron chi connectivity index (χ4n) is 7.90. The molecule has 0 aromatic rings. The first-order valence-corrected chi connectivity index (χ1v) is 10.1. The van der Waals surface area contributed by atoms with E-state index in [1.807, 2.05) is 7.11 Å². The molecule has 0 aliphatic heterocycles. The fourth-order valence-corrected chi connectivity index (χ4v) is 7.90. The van der Waals surface area contributed by atoms with Gasteiger partial charge in [-0.3, -0.25) is 4.79 Å². The van der Waals surface area contributed by atoms with Gasteiger partial charge in [-0.15, -0.1) is 0 Å². The van der Waals surface area contributed by atoms with E-state index >= 15 is 0 Å². The minimum atomic E-state index is 0.419. The fraction of sp³-hybridized carbons (Fsp3) is 0.952. The number of carbonyl (C=O) groups excluding carboxylic acids is 1. The highest BCUT2D eigenvalue weighted by Gasteiger charge is 2.61. The molecule has 4 aliphatic rings. The van der Waals surface area contributed by atoms with Crippen molar-refractivity contribution < 1.29 is 9.53 Å². The molecule has 0 aromatic carbocycles. The topological polar surface area (TPSA) is 26.3 Å². The molecular weight excluding hydrogens is 284 g/mol. The van der Waals surface area contributed by atoms with Crippen molar-refractivity contribution >= 4 is 5.78 Å². The van der Waals surface area contributed by atoms with Gasteiger partial charge in [0.1, 0.15) is 5.78 Å². The highest BCUT2D eigenvalue weighted by molar-refractivity contribution is 5.79. The summed E-state index contributed by atoms with van der Waals surface area (Å²) in [6.07, 6.45) is 12.8. The van der Waals surface area contributed by atoms with E-state index in [0.29, 0.717) is 28.6 Å². The summed E-state index contributed by atoms with van der Waals surface area (Å²) < 4.78 is 5.89. The Labute approximate surface area is 141 Å². The quantitative estimate of drug-likeness (QED) is 0.716. The van der Waals surface area contributed by atoms with Crippen molar-refractivity contribution in [1.29, 1.82) is 0 Å². The zero-order valence-electron chi connectivity index (χ0n) is 15.3. The van der Waals surface area contributed by atoms with E-state index in [1.54, 1.807) is 0 Å². The minimum absolute atomic E-state index is 0.419. The molecule has 0 saturated heterocycles. The van der Waals surface area contributed by atoms with E-state index < -0.39 is 0 Å². The Balaban J connectivity index is 1.64. The molecule has 0 heterocycles. The highest BCUT2D eigenvalue weighted by atomic mass is 16.5. The van der Waals surface area contributed by atoms with Gasteiger partial charge >= 0.3 is 0 Å². The normalized spacial score (nSPS) is 52.7. The number of hydrogen-bond donors (Lipinski definition) is 0. The molecule has 4 saturated carbocycles. The lowest BCUT2D eigenvalue weighted by Crippen LogP contribution is -2.55. The number of Topliss-reactive ketones (excluding diaryl/α,β-unsaturated/α-hetero) is 1. The van der Waals surface area contributed by atoms with Crippen LogP contribution in [0.3, 0.4) is 0 Å². The van der Waals surface area contributed by atoms with Gasteiger partial charge in [-0.25, -0.2) is 0 Å². The predicted octanol–water partition coefficient (Wildman–Crippen LogP) is 5.00. The average molecular weight is 319 g/mol. The Morgan fingerprint density at radius 1 is 1.09 bits per heavy atom. The van der Waals surface area contributed by atoms with Crippen LogP contribution in [0.1, 0.15) is 78.1 Å². The van der Waals surface area contributed by atoms with Crippen LogP contribution >= 0.6 is 0 Å². The van der Waals surface area contributed by atoms with Crippen molar-refractivity contribution in [3.05, 3.63) is 0 Å². The van der Waals surface area contributed by atoms with Crippen molar-refractivity contribution in [1.82, 2.24) is 0 Å². The second kappa shape index (κ2) is 5.58. The van der Waals surface area contributed by atoms with Crippen LogP contribution in [0, 0.1) is 34.5 Å². The van der Waals surface area contributed by atoms with Gasteiger partial charge < -0.3 is 4.74 Å². The molecule has 2 heteroatoms. The maximum absolute atomic E-state index is 12.0. The number of fused-ring (bicyclic) bond motifs is 5. The van der Waals surface area contributed by atoms with Gasteiger partial charge in [0.05, 0.1) is 6.10 Å². The molecule has 4 rings (SSSR count). The van der Waals surface area contributed by atoms with Crippen LogP contribution in [0.2, 0.25) is 0 Å². The standard InChI is InChI=1S/C21H34O2/c1-4-21-12-9-15(22)13-14(21)5-6-16-17-7-8-19(23-3)20(17,2)11-10-18(16)21/h14,16-19H,4-13H2,1-3H3/t14-,16-,17-,18-,19-,20-,21-/m0/s1. The molecule has 0 bridgehead atoms. The second-order valence-electron chi connectivity index (χ2n) is 9.33. The third kappa shape index (κ3) is 2.12. The monoisotopic (exact) mass is 318 g/mol. The van der Waals surface area contributed by atoms with Crippen molar-refractivity contribution in [3.63, 3.8) is 0 Å². The summed E-state index contributed by atoms with van der Waals surface area (Å²) in [4.78, 5) is 12.0. The first kappa shape index (κ1) is 16.1. The molecule has 0 spiro atoms. The Bertz CT molecular complexity index is 486. The van der Waals surface area contributed by atoms with E-state index in [4.69, 9.17) is 4.74 Å². The van der Waals surface area contributed by atoms with E-state index in [9.17, 15) is 4.79 Å².